The molecule has 0 amide bonds. The summed E-state index contributed by atoms with van der Waals surface area (Å²) in [7, 11) is -3.36. The first-order chi connectivity index (χ1) is 6.80. The number of amidine groups is 1. The number of sulfonamides is 1. The van der Waals surface area contributed by atoms with Gasteiger partial charge in [-0.05, 0) is 26.7 Å². The molecule has 5 nitrogen and oxygen atoms in total. The molecule has 0 saturated heterocycles. The molecule has 4 N–H and O–H groups in total. The maximum absolute atomic E-state index is 11.7. The third kappa shape index (κ3) is 2.49. The van der Waals surface area contributed by atoms with E-state index in [0.717, 1.165) is 12.8 Å². The van der Waals surface area contributed by atoms with Crippen molar-refractivity contribution in [2.24, 2.45) is 5.73 Å². The molecule has 0 heterocycles. The van der Waals surface area contributed by atoms with Crippen molar-refractivity contribution >= 4 is 15.9 Å². The van der Waals surface area contributed by atoms with E-state index in [1.807, 2.05) is 0 Å². The van der Waals surface area contributed by atoms with Gasteiger partial charge in [0.1, 0.15) is 5.84 Å². The predicted octanol–water partition coefficient (Wildman–Crippen LogP) is 0.563. The third-order valence-electron chi connectivity index (χ3n) is 2.93. The van der Waals surface area contributed by atoms with Gasteiger partial charge in [0.05, 0.1) is 10.8 Å². The summed E-state index contributed by atoms with van der Waals surface area (Å²) in [4.78, 5) is 0. The van der Waals surface area contributed by atoms with Gasteiger partial charge in [-0.3, -0.25) is 5.41 Å². The second-order valence-corrected chi connectivity index (χ2v) is 6.64. The topological polar surface area (TPSA) is 96.0 Å². The summed E-state index contributed by atoms with van der Waals surface area (Å²) < 4.78 is 26.1. The molecular formula is C9H19N3O2S. The van der Waals surface area contributed by atoms with Crippen molar-refractivity contribution in [3.8, 4) is 0 Å². The first-order valence-electron chi connectivity index (χ1n) is 5.17. The Morgan fingerprint density at radius 3 is 2.20 bits per heavy atom. The second-order valence-electron chi connectivity index (χ2n) is 4.40. The van der Waals surface area contributed by atoms with Crippen LogP contribution >= 0.6 is 0 Å². The van der Waals surface area contributed by atoms with Crippen molar-refractivity contribution in [1.29, 1.82) is 5.41 Å². The van der Waals surface area contributed by atoms with Gasteiger partial charge in [0, 0.05) is 0 Å². The number of hydrogen-bond donors (Lipinski definition) is 3. The lowest BCUT2D eigenvalue weighted by Gasteiger charge is -2.29. The van der Waals surface area contributed by atoms with Gasteiger partial charge in [-0.1, -0.05) is 12.8 Å². The Bertz CT molecular complexity index is 342. The second kappa shape index (κ2) is 4.09. The van der Waals surface area contributed by atoms with Gasteiger partial charge in [0.25, 0.3) is 0 Å². The van der Waals surface area contributed by atoms with E-state index in [2.05, 4.69) is 4.72 Å². The van der Waals surface area contributed by atoms with Gasteiger partial charge in [0.2, 0.25) is 10.0 Å². The molecule has 0 spiro atoms. The van der Waals surface area contributed by atoms with E-state index in [1.165, 1.54) is 0 Å². The SMILES string of the molecule is CC(C)S(=O)(=O)NC1(C(=N)N)CCCC1. The Kier molecular flexibility index (Phi) is 3.40. The molecule has 0 unspecified atom stereocenters. The van der Waals surface area contributed by atoms with Crippen LogP contribution in [0.25, 0.3) is 0 Å². The third-order valence-corrected chi connectivity index (χ3v) is 4.85. The summed E-state index contributed by atoms with van der Waals surface area (Å²) >= 11 is 0. The standard InChI is InChI=1S/C9H19N3O2S/c1-7(2)15(13,14)12-9(8(10)11)5-3-4-6-9/h7,12H,3-6H2,1-2H3,(H3,10,11). The van der Waals surface area contributed by atoms with Crippen molar-refractivity contribution < 1.29 is 8.42 Å². The highest BCUT2D eigenvalue weighted by atomic mass is 32.2. The Balaban J connectivity index is 2.90. The number of nitrogens with one attached hydrogen (secondary N) is 2. The van der Waals surface area contributed by atoms with Gasteiger partial charge in [-0.2, -0.15) is 0 Å². The molecule has 1 aliphatic carbocycles. The highest BCUT2D eigenvalue weighted by Crippen LogP contribution is 2.30. The summed E-state index contributed by atoms with van der Waals surface area (Å²) in [6.07, 6.45) is 3.10. The molecule has 0 radical (unpaired) electrons. The van der Waals surface area contributed by atoms with E-state index >= 15 is 0 Å². The number of hydrogen-bond acceptors (Lipinski definition) is 3. The molecule has 0 aliphatic heterocycles. The van der Waals surface area contributed by atoms with Crippen LogP contribution in [0.2, 0.25) is 0 Å². The van der Waals surface area contributed by atoms with E-state index in [9.17, 15) is 8.42 Å². The molecule has 6 heteroatoms. The lowest BCUT2D eigenvalue weighted by molar-refractivity contribution is 0.491. The van der Waals surface area contributed by atoms with Crippen LogP contribution in [0, 0.1) is 5.41 Å². The average molecular weight is 233 g/mol. The minimum atomic E-state index is -3.36. The van der Waals surface area contributed by atoms with Crippen molar-refractivity contribution in [3.05, 3.63) is 0 Å². The Morgan fingerprint density at radius 1 is 1.40 bits per heavy atom. The highest BCUT2D eigenvalue weighted by molar-refractivity contribution is 7.90. The fourth-order valence-corrected chi connectivity index (χ4v) is 2.89. The molecule has 0 aromatic heterocycles. The van der Waals surface area contributed by atoms with Crippen LogP contribution in [0.5, 0.6) is 0 Å². The zero-order valence-corrected chi connectivity index (χ0v) is 10.0. The van der Waals surface area contributed by atoms with Crippen LogP contribution in [0.3, 0.4) is 0 Å². The lowest BCUT2D eigenvalue weighted by atomic mass is 9.98. The van der Waals surface area contributed by atoms with Crippen LogP contribution < -0.4 is 10.5 Å². The molecule has 88 valence electrons. The van der Waals surface area contributed by atoms with Gasteiger partial charge in [-0.25, -0.2) is 13.1 Å². The molecule has 1 aliphatic rings. The van der Waals surface area contributed by atoms with E-state index in [-0.39, 0.29) is 5.84 Å². The molecule has 15 heavy (non-hydrogen) atoms. The summed E-state index contributed by atoms with van der Waals surface area (Å²) in [5.74, 6) is -0.0655. The molecule has 0 aromatic carbocycles. The van der Waals surface area contributed by atoms with E-state index < -0.39 is 20.8 Å². The summed E-state index contributed by atoms with van der Waals surface area (Å²) in [6.45, 7) is 3.23. The minimum Gasteiger partial charge on any atom is -0.386 e. The van der Waals surface area contributed by atoms with Crippen LogP contribution in [0.15, 0.2) is 0 Å². The van der Waals surface area contributed by atoms with Crippen molar-refractivity contribution in [2.45, 2.75) is 50.3 Å². The van der Waals surface area contributed by atoms with Gasteiger partial charge in [-0.15, -0.1) is 0 Å². The molecular weight excluding hydrogens is 214 g/mol. The van der Waals surface area contributed by atoms with E-state index in [1.54, 1.807) is 13.8 Å². The van der Waals surface area contributed by atoms with Gasteiger partial charge < -0.3 is 5.73 Å². The van der Waals surface area contributed by atoms with Gasteiger partial charge >= 0.3 is 0 Å². The van der Waals surface area contributed by atoms with Crippen molar-refractivity contribution in [2.75, 3.05) is 0 Å². The first kappa shape index (κ1) is 12.4. The smallest absolute Gasteiger partial charge is 0.214 e. The molecule has 0 atom stereocenters. The molecule has 1 saturated carbocycles. The Hall–Kier alpha value is -0.620. The quantitative estimate of drug-likeness (QED) is 0.489. The van der Waals surface area contributed by atoms with Crippen molar-refractivity contribution in [3.63, 3.8) is 0 Å². The molecule has 1 fully saturated rings. The van der Waals surface area contributed by atoms with Crippen LogP contribution in [-0.2, 0) is 10.0 Å². The maximum atomic E-state index is 11.7. The van der Waals surface area contributed by atoms with Crippen LogP contribution in [0.1, 0.15) is 39.5 Å². The fraction of sp³-hybridized carbons (Fsp3) is 0.889. The summed E-state index contributed by atoms with van der Waals surface area (Å²) in [6, 6.07) is 0. The molecule has 1 rings (SSSR count). The Morgan fingerprint density at radius 2 is 1.87 bits per heavy atom. The predicted molar refractivity (Wildman–Crippen MR) is 60.3 cm³/mol. The van der Waals surface area contributed by atoms with Crippen molar-refractivity contribution in [1.82, 2.24) is 4.72 Å². The number of rotatable bonds is 4. The van der Waals surface area contributed by atoms with Gasteiger partial charge in [0.15, 0.2) is 0 Å². The minimum absolute atomic E-state index is 0.0655. The first-order valence-corrected chi connectivity index (χ1v) is 6.72. The maximum Gasteiger partial charge on any atom is 0.214 e. The zero-order chi connectivity index (χ0) is 11.7. The zero-order valence-electron chi connectivity index (χ0n) is 9.21. The normalized spacial score (nSPS) is 20.7. The lowest BCUT2D eigenvalue weighted by Crippen LogP contribution is -2.56. The van der Waals surface area contributed by atoms with Crippen LogP contribution in [0.4, 0.5) is 0 Å². The van der Waals surface area contributed by atoms with E-state index in [4.69, 9.17) is 11.1 Å². The summed E-state index contributed by atoms with van der Waals surface area (Å²) in [5, 5.41) is 7.02. The van der Waals surface area contributed by atoms with E-state index in [0.29, 0.717) is 12.8 Å². The average Bonchev–Trinajstić information content (AvgIpc) is 2.53. The molecule has 0 bridgehead atoms. The fourth-order valence-electron chi connectivity index (χ4n) is 1.80. The molecule has 0 aromatic rings. The Labute approximate surface area is 91.0 Å². The monoisotopic (exact) mass is 233 g/mol. The number of nitrogens with two attached hydrogens (primary N) is 1. The summed E-state index contributed by atoms with van der Waals surface area (Å²) in [5.41, 5.74) is 4.68. The largest absolute Gasteiger partial charge is 0.386 e. The van der Waals surface area contributed by atoms with Crippen LogP contribution in [-0.4, -0.2) is 25.0 Å². The highest BCUT2D eigenvalue weighted by Gasteiger charge is 2.41.